The van der Waals surface area contributed by atoms with Crippen LogP contribution in [0.2, 0.25) is 0 Å². The summed E-state index contributed by atoms with van der Waals surface area (Å²) in [5.74, 6) is -2.88. The van der Waals surface area contributed by atoms with Crippen LogP contribution in [0.15, 0.2) is 36.4 Å². The monoisotopic (exact) mass is 364 g/mol. The van der Waals surface area contributed by atoms with Crippen molar-refractivity contribution in [3.8, 4) is 0 Å². The minimum atomic E-state index is -1.000. The molecule has 26 heavy (non-hydrogen) atoms. The number of rotatable bonds is 4. The zero-order valence-electron chi connectivity index (χ0n) is 13.6. The normalized spacial score (nSPS) is 15.1. The minimum Gasteiger partial charge on any atom is -0.367 e. The van der Waals surface area contributed by atoms with Crippen LogP contribution in [0.5, 0.6) is 0 Å². The standard InChI is InChI=1S/C18H15F3N2O3/c19-13-3-1-11(2-4-13)18(24)12-5-7-22(8-6-12)17-15(20)9-14(23(25)26)10-16(17)21/h1-4,9-10,12H,5-8H2. The molecule has 0 saturated carbocycles. The second kappa shape index (κ2) is 7.15. The lowest BCUT2D eigenvalue weighted by atomic mass is 9.88. The van der Waals surface area contributed by atoms with Crippen LogP contribution in [0.1, 0.15) is 23.2 Å². The van der Waals surface area contributed by atoms with Gasteiger partial charge in [0.15, 0.2) is 17.4 Å². The molecule has 0 bridgehead atoms. The van der Waals surface area contributed by atoms with Gasteiger partial charge in [0.05, 0.1) is 17.1 Å². The molecule has 2 aromatic rings. The van der Waals surface area contributed by atoms with Crippen molar-refractivity contribution in [2.75, 3.05) is 18.0 Å². The van der Waals surface area contributed by atoms with Crippen LogP contribution in [0, 0.1) is 33.5 Å². The van der Waals surface area contributed by atoms with E-state index < -0.39 is 28.1 Å². The highest BCUT2D eigenvalue weighted by molar-refractivity contribution is 5.98. The molecule has 8 heteroatoms. The number of carbonyl (C=O) groups excluding carboxylic acids is 1. The van der Waals surface area contributed by atoms with Gasteiger partial charge in [-0.2, -0.15) is 0 Å². The van der Waals surface area contributed by atoms with Crippen molar-refractivity contribution in [3.63, 3.8) is 0 Å². The van der Waals surface area contributed by atoms with Crippen molar-refractivity contribution in [1.29, 1.82) is 0 Å². The Hall–Kier alpha value is -2.90. The summed E-state index contributed by atoms with van der Waals surface area (Å²) < 4.78 is 41.2. The number of nitrogens with zero attached hydrogens (tertiary/aromatic N) is 2. The predicted molar refractivity (Wildman–Crippen MR) is 88.7 cm³/mol. The average Bonchev–Trinajstić information content (AvgIpc) is 2.61. The summed E-state index contributed by atoms with van der Waals surface area (Å²) in [7, 11) is 0. The van der Waals surface area contributed by atoms with E-state index in [0.717, 1.165) is 0 Å². The van der Waals surface area contributed by atoms with Gasteiger partial charge in [-0.3, -0.25) is 14.9 Å². The minimum absolute atomic E-state index is 0.130. The van der Waals surface area contributed by atoms with Gasteiger partial charge in [0, 0.05) is 24.6 Å². The predicted octanol–water partition coefficient (Wildman–Crippen LogP) is 4.11. The number of piperidine rings is 1. The number of nitro benzene ring substituents is 1. The van der Waals surface area contributed by atoms with Gasteiger partial charge in [0.2, 0.25) is 0 Å². The Morgan fingerprint density at radius 1 is 1.04 bits per heavy atom. The molecule has 0 unspecified atom stereocenters. The summed E-state index contributed by atoms with van der Waals surface area (Å²) >= 11 is 0. The van der Waals surface area contributed by atoms with E-state index in [4.69, 9.17) is 0 Å². The van der Waals surface area contributed by atoms with Crippen LogP contribution in [-0.4, -0.2) is 23.8 Å². The number of non-ortho nitro benzene ring substituents is 1. The van der Waals surface area contributed by atoms with Crippen molar-refractivity contribution in [2.24, 2.45) is 5.92 Å². The van der Waals surface area contributed by atoms with Crippen molar-refractivity contribution in [1.82, 2.24) is 0 Å². The number of anilines is 1. The Morgan fingerprint density at radius 2 is 1.58 bits per heavy atom. The Balaban J connectivity index is 1.72. The molecule has 2 aromatic carbocycles. The lowest BCUT2D eigenvalue weighted by Gasteiger charge is -2.33. The largest absolute Gasteiger partial charge is 0.367 e. The van der Waals surface area contributed by atoms with Crippen LogP contribution in [0.4, 0.5) is 24.5 Å². The molecule has 1 heterocycles. The number of carbonyl (C=O) groups is 1. The lowest BCUT2D eigenvalue weighted by molar-refractivity contribution is -0.385. The van der Waals surface area contributed by atoms with Gasteiger partial charge in [-0.05, 0) is 37.1 Å². The first-order chi connectivity index (χ1) is 12.4. The molecule has 0 N–H and O–H groups in total. The number of halogens is 3. The number of nitro groups is 1. The first-order valence-corrected chi connectivity index (χ1v) is 8.05. The molecule has 0 radical (unpaired) electrons. The van der Waals surface area contributed by atoms with E-state index in [0.29, 0.717) is 30.5 Å². The summed E-state index contributed by atoms with van der Waals surface area (Å²) in [6.45, 7) is 0.479. The molecule has 3 rings (SSSR count). The number of ketones is 1. The number of benzene rings is 2. The smallest absolute Gasteiger partial charge is 0.275 e. The zero-order valence-corrected chi connectivity index (χ0v) is 13.6. The maximum atomic E-state index is 14.1. The summed E-state index contributed by atoms with van der Waals surface area (Å²) in [6.07, 6.45) is 0.762. The molecule has 0 aromatic heterocycles. The Kier molecular flexibility index (Phi) is 4.92. The van der Waals surface area contributed by atoms with E-state index in [1.165, 1.54) is 29.2 Å². The van der Waals surface area contributed by atoms with E-state index >= 15 is 0 Å². The van der Waals surface area contributed by atoms with Crippen molar-refractivity contribution >= 4 is 17.2 Å². The van der Waals surface area contributed by atoms with E-state index in [1.54, 1.807) is 0 Å². The summed E-state index contributed by atoms with van der Waals surface area (Å²) in [5, 5.41) is 10.7. The van der Waals surface area contributed by atoms with Gasteiger partial charge in [-0.15, -0.1) is 0 Å². The quantitative estimate of drug-likeness (QED) is 0.465. The molecule has 1 aliphatic rings. The molecule has 0 aliphatic carbocycles. The average molecular weight is 364 g/mol. The van der Waals surface area contributed by atoms with Gasteiger partial charge in [0.1, 0.15) is 11.5 Å². The third-order valence-electron chi connectivity index (χ3n) is 4.52. The molecular formula is C18H15F3N2O3. The maximum absolute atomic E-state index is 14.1. The third kappa shape index (κ3) is 3.54. The van der Waals surface area contributed by atoms with E-state index in [2.05, 4.69) is 0 Å². The summed E-state index contributed by atoms with van der Waals surface area (Å²) in [4.78, 5) is 23.7. The number of Topliss-reactive ketones (excluding diaryl/α,β-unsaturated/α-hetero) is 1. The summed E-state index contributed by atoms with van der Waals surface area (Å²) in [5.41, 5.74) is -0.564. The highest BCUT2D eigenvalue weighted by Gasteiger charge is 2.29. The fourth-order valence-corrected chi connectivity index (χ4v) is 3.17. The Bertz CT molecular complexity index is 824. The summed E-state index contributed by atoms with van der Waals surface area (Å²) in [6, 6.07) is 6.63. The van der Waals surface area contributed by atoms with Crippen LogP contribution < -0.4 is 4.90 Å². The van der Waals surface area contributed by atoms with Gasteiger partial charge < -0.3 is 4.90 Å². The highest BCUT2D eigenvalue weighted by atomic mass is 19.1. The fraction of sp³-hybridized carbons (Fsp3) is 0.278. The second-order valence-electron chi connectivity index (χ2n) is 6.15. The number of hydrogen-bond acceptors (Lipinski definition) is 4. The molecule has 1 fully saturated rings. The molecule has 0 amide bonds. The fourth-order valence-electron chi connectivity index (χ4n) is 3.17. The van der Waals surface area contributed by atoms with Gasteiger partial charge in [0.25, 0.3) is 5.69 Å². The molecule has 0 spiro atoms. The molecule has 1 saturated heterocycles. The van der Waals surface area contributed by atoms with Gasteiger partial charge >= 0.3 is 0 Å². The maximum Gasteiger partial charge on any atom is 0.275 e. The Morgan fingerprint density at radius 3 is 2.08 bits per heavy atom. The second-order valence-corrected chi connectivity index (χ2v) is 6.15. The zero-order chi connectivity index (χ0) is 18.8. The van der Waals surface area contributed by atoms with Crippen LogP contribution in [0.3, 0.4) is 0 Å². The Labute approximate surface area is 147 Å². The SMILES string of the molecule is O=C(c1ccc(F)cc1)C1CCN(c2c(F)cc([N+](=O)[O-])cc2F)CC1. The van der Waals surface area contributed by atoms with Crippen LogP contribution >= 0.6 is 0 Å². The van der Waals surface area contributed by atoms with E-state index in [9.17, 15) is 28.1 Å². The molecular weight excluding hydrogens is 349 g/mol. The van der Waals surface area contributed by atoms with Crippen LogP contribution in [-0.2, 0) is 0 Å². The van der Waals surface area contributed by atoms with E-state index in [1.807, 2.05) is 0 Å². The first-order valence-electron chi connectivity index (χ1n) is 8.05. The topological polar surface area (TPSA) is 63.5 Å². The lowest BCUT2D eigenvalue weighted by Crippen LogP contribution is -2.37. The number of hydrogen-bond donors (Lipinski definition) is 0. The van der Waals surface area contributed by atoms with Gasteiger partial charge in [-0.25, -0.2) is 13.2 Å². The van der Waals surface area contributed by atoms with Crippen molar-refractivity contribution < 1.29 is 22.9 Å². The van der Waals surface area contributed by atoms with Crippen molar-refractivity contribution in [3.05, 3.63) is 69.5 Å². The van der Waals surface area contributed by atoms with E-state index in [-0.39, 0.29) is 30.5 Å². The van der Waals surface area contributed by atoms with Gasteiger partial charge in [-0.1, -0.05) is 0 Å². The molecule has 136 valence electrons. The molecule has 5 nitrogen and oxygen atoms in total. The molecule has 0 atom stereocenters. The first kappa shape index (κ1) is 17.9. The highest BCUT2D eigenvalue weighted by Crippen LogP contribution is 2.32. The third-order valence-corrected chi connectivity index (χ3v) is 4.52. The van der Waals surface area contributed by atoms with Crippen LogP contribution in [0.25, 0.3) is 0 Å². The molecule has 1 aliphatic heterocycles. The van der Waals surface area contributed by atoms with Crippen molar-refractivity contribution in [2.45, 2.75) is 12.8 Å².